The van der Waals surface area contributed by atoms with Gasteiger partial charge in [0.15, 0.2) is 5.78 Å². The number of hydrogen-bond acceptors (Lipinski definition) is 3. The summed E-state index contributed by atoms with van der Waals surface area (Å²) in [4.78, 5) is 18.1. The van der Waals surface area contributed by atoms with Gasteiger partial charge in [-0.15, -0.1) is 0 Å². The Morgan fingerprint density at radius 3 is 2.88 bits per heavy atom. The van der Waals surface area contributed by atoms with E-state index in [1.54, 1.807) is 19.2 Å². The molecule has 92 valence electrons. The zero-order valence-corrected chi connectivity index (χ0v) is 10.8. The lowest BCUT2D eigenvalue weighted by molar-refractivity contribution is 0.101. The Morgan fingerprint density at radius 2 is 2.18 bits per heavy atom. The summed E-state index contributed by atoms with van der Waals surface area (Å²) in [6.45, 7) is 7.14. The summed E-state index contributed by atoms with van der Waals surface area (Å²) in [5.41, 5.74) is 0.750. The molecule has 0 bridgehead atoms. The fourth-order valence-corrected chi connectivity index (χ4v) is 2.40. The van der Waals surface area contributed by atoms with Crippen LogP contribution in [0.4, 0.5) is 5.82 Å². The van der Waals surface area contributed by atoms with Gasteiger partial charge in [-0.2, -0.15) is 0 Å². The number of carbonyl (C=O) groups excluding carboxylic acids is 1. The molecule has 1 aliphatic heterocycles. The minimum Gasteiger partial charge on any atom is -0.354 e. The minimum absolute atomic E-state index is 0.103. The van der Waals surface area contributed by atoms with Crippen LogP contribution in [0.3, 0.4) is 0 Å². The van der Waals surface area contributed by atoms with Gasteiger partial charge in [0.25, 0.3) is 0 Å². The highest BCUT2D eigenvalue weighted by molar-refractivity contribution is 5.94. The van der Waals surface area contributed by atoms with E-state index in [9.17, 15) is 4.79 Å². The molecular weight excluding hydrogens is 212 g/mol. The van der Waals surface area contributed by atoms with Gasteiger partial charge in [0, 0.05) is 24.3 Å². The normalized spacial score (nSPS) is 24.8. The molecule has 1 saturated heterocycles. The summed E-state index contributed by atoms with van der Waals surface area (Å²) in [7, 11) is 0. The zero-order valence-electron chi connectivity index (χ0n) is 10.8. The maximum atomic E-state index is 11.4. The van der Waals surface area contributed by atoms with Crippen molar-refractivity contribution in [2.75, 3.05) is 11.4 Å². The SMILES string of the molecule is CC(=O)c1ccnc(N2CC(C)CCC2C)c1. The molecule has 2 heterocycles. The van der Waals surface area contributed by atoms with Crippen molar-refractivity contribution in [2.24, 2.45) is 5.92 Å². The quantitative estimate of drug-likeness (QED) is 0.735. The number of pyridine rings is 1. The molecule has 0 radical (unpaired) electrons. The Balaban J connectivity index is 2.26. The summed E-state index contributed by atoms with van der Waals surface area (Å²) in [5.74, 6) is 1.75. The number of hydrogen-bond donors (Lipinski definition) is 0. The molecule has 2 rings (SSSR count). The van der Waals surface area contributed by atoms with E-state index in [4.69, 9.17) is 0 Å². The third-order valence-electron chi connectivity index (χ3n) is 3.56. The Labute approximate surface area is 103 Å². The lowest BCUT2D eigenvalue weighted by Crippen LogP contribution is -2.41. The molecule has 0 saturated carbocycles. The van der Waals surface area contributed by atoms with Crippen molar-refractivity contribution in [3.8, 4) is 0 Å². The Kier molecular flexibility index (Phi) is 3.46. The van der Waals surface area contributed by atoms with Crippen molar-refractivity contribution >= 4 is 11.6 Å². The van der Waals surface area contributed by atoms with Gasteiger partial charge < -0.3 is 4.90 Å². The summed E-state index contributed by atoms with van der Waals surface area (Å²) in [5, 5.41) is 0. The van der Waals surface area contributed by atoms with E-state index in [0.29, 0.717) is 12.0 Å². The molecule has 0 amide bonds. The third kappa shape index (κ3) is 2.65. The molecule has 0 aromatic carbocycles. The standard InChI is InChI=1S/C14H20N2O/c1-10-4-5-11(2)16(9-10)14-8-13(12(3)17)6-7-15-14/h6-8,10-11H,4-5,9H2,1-3H3. The maximum Gasteiger partial charge on any atom is 0.159 e. The van der Waals surface area contributed by atoms with E-state index >= 15 is 0 Å². The Morgan fingerprint density at radius 1 is 1.41 bits per heavy atom. The van der Waals surface area contributed by atoms with Gasteiger partial charge in [-0.25, -0.2) is 4.98 Å². The van der Waals surface area contributed by atoms with Crippen molar-refractivity contribution in [1.82, 2.24) is 4.98 Å². The Hall–Kier alpha value is -1.38. The largest absolute Gasteiger partial charge is 0.354 e. The second-order valence-corrected chi connectivity index (χ2v) is 5.14. The monoisotopic (exact) mass is 232 g/mol. The summed E-state index contributed by atoms with van der Waals surface area (Å²) >= 11 is 0. The smallest absolute Gasteiger partial charge is 0.159 e. The molecular formula is C14H20N2O. The predicted octanol–water partition coefficient (Wildman–Crippen LogP) is 2.91. The van der Waals surface area contributed by atoms with Crippen molar-refractivity contribution in [3.63, 3.8) is 0 Å². The number of rotatable bonds is 2. The molecule has 0 aliphatic carbocycles. The molecule has 3 heteroatoms. The minimum atomic E-state index is 0.103. The van der Waals surface area contributed by atoms with Crippen LogP contribution in [-0.2, 0) is 0 Å². The van der Waals surface area contributed by atoms with Crippen LogP contribution in [0, 0.1) is 5.92 Å². The van der Waals surface area contributed by atoms with E-state index in [1.165, 1.54) is 12.8 Å². The lowest BCUT2D eigenvalue weighted by atomic mass is 9.95. The molecule has 2 atom stereocenters. The number of aromatic nitrogens is 1. The molecule has 1 aromatic rings. The topological polar surface area (TPSA) is 33.2 Å². The maximum absolute atomic E-state index is 11.4. The highest BCUT2D eigenvalue weighted by Crippen LogP contribution is 2.26. The molecule has 3 nitrogen and oxygen atoms in total. The molecule has 0 spiro atoms. The third-order valence-corrected chi connectivity index (χ3v) is 3.56. The molecule has 1 aliphatic rings. The van der Waals surface area contributed by atoms with Crippen molar-refractivity contribution < 1.29 is 4.79 Å². The fourth-order valence-electron chi connectivity index (χ4n) is 2.40. The van der Waals surface area contributed by atoms with Gasteiger partial charge in [0.2, 0.25) is 0 Å². The van der Waals surface area contributed by atoms with Crippen molar-refractivity contribution in [1.29, 1.82) is 0 Å². The van der Waals surface area contributed by atoms with Crippen LogP contribution < -0.4 is 4.90 Å². The number of piperidine rings is 1. The van der Waals surface area contributed by atoms with Gasteiger partial charge >= 0.3 is 0 Å². The second-order valence-electron chi connectivity index (χ2n) is 5.14. The summed E-state index contributed by atoms with van der Waals surface area (Å²) < 4.78 is 0. The number of nitrogens with zero attached hydrogens (tertiary/aromatic N) is 2. The van der Waals surface area contributed by atoms with Gasteiger partial charge in [-0.05, 0) is 44.7 Å². The summed E-state index contributed by atoms with van der Waals surface area (Å²) in [6, 6.07) is 4.21. The van der Waals surface area contributed by atoms with E-state index in [1.807, 2.05) is 6.07 Å². The van der Waals surface area contributed by atoms with E-state index in [2.05, 4.69) is 23.7 Å². The number of Topliss-reactive ketones (excluding diaryl/α,β-unsaturated/α-hetero) is 1. The van der Waals surface area contributed by atoms with Gasteiger partial charge in [0.05, 0.1) is 0 Å². The first-order valence-corrected chi connectivity index (χ1v) is 6.31. The molecule has 1 aromatic heterocycles. The Bertz CT molecular complexity index is 416. The van der Waals surface area contributed by atoms with Crippen LogP contribution in [0.1, 0.15) is 44.0 Å². The van der Waals surface area contributed by atoms with Crippen LogP contribution in [0.5, 0.6) is 0 Å². The average molecular weight is 232 g/mol. The van der Waals surface area contributed by atoms with Gasteiger partial charge in [0.1, 0.15) is 5.82 Å². The highest BCUT2D eigenvalue weighted by Gasteiger charge is 2.24. The first-order valence-electron chi connectivity index (χ1n) is 6.31. The molecule has 17 heavy (non-hydrogen) atoms. The molecule has 0 N–H and O–H groups in total. The highest BCUT2D eigenvalue weighted by atomic mass is 16.1. The van der Waals surface area contributed by atoms with Crippen LogP contribution in [0.25, 0.3) is 0 Å². The van der Waals surface area contributed by atoms with E-state index < -0.39 is 0 Å². The first-order chi connectivity index (χ1) is 8.08. The van der Waals surface area contributed by atoms with E-state index in [0.717, 1.165) is 17.9 Å². The van der Waals surface area contributed by atoms with Crippen LogP contribution in [0.2, 0.25) is 0 Å². The number of ketones is 1. The van der Waals surface area contributed by atoms with Gasteiger partial charge in [-0.1, -0.05) is 6.92 Å². The number of carbonyl (C=O) groups is 1. The average Bonchev–Trinajstić information content (AvgIpc) is 2.32. The van der Waals surface area contributed by atoms with Crippen molar-refractivity contribution in [3.05, 3.63) is 23.9 Å². The van der Waals surface area contributed by atoms with Crippen LogP contribution >= 0.6 is 0 Å². The number of anilines is 1. The summed E-state index contributed by atoms with van der Waals surface area (Å²) in [6.07, 6.45) is 4.22. The van der Waals surface area contributed by atoms with Crippen LogP contribution in [0.15, 0.2) is 18.3 Å². The predicted molar refractivity (Wildman–Crippen MR) is 69.4 cm³/mol. The fraction of sp³-hybridized carbons (Fsp3) is 0.571. The first kappa shape index (κ1) is 12.1. The molecule has 2 unspecified atom stereocenters. The second kappa shape index (κ2) is 4.86. The van der Waals surface area contributed by atoms with Crippen LogP contribution in [-0.4, -0.2) is 23.4 Å². The lowest BCUT2D eigenvalue weighted by Gasteiger charge is -2.37. The van der Waals surface area contributed by atoms with E-state index in [-0.39, 0.29) is 5.78 Å². The van der Waals surface area contributed by atoms with Crippen molar-refractivity contribution in [2.45, 2.75) is 39.7 Å². The molecule has 1 fully saturated rings. The van der Waals surface area contributed by atoms with Gasteiger partial charge in [-0.3, -0.25) is 4.79 Å². The zero-order chi connectivity index (χ0) is 12.4.